The lowest BCUT2D eigenvalue weighted by molar-refractivity contribution is 0.296. The first-order chi connectivity index (χ1) is 9.44. The van der Waals surface area contributed by atoms with Crippen LogP contribution in [0.5, 0.6) is 0 Å². The first-order valence-corrected chi connectivity index (χ1v) is 8.53. The van der Waals surface area contributed by atoms with Crippen molar-refractivity contribution in [1.82, 2.24) is 0 Å². The van der Waals surface area contributed by atoms with Gasteiger partial charge in [-0.2, -0.15) is 8.42 Å². The zero-order valence-corrected chi connectivity index (χ0v) is 13.0. The lowest BCUT2D eigenvalue weighted by Crippen LogP contribution is -2.20. The Hall–Kier alpha value is -1.25. The number of fused-ring (bicyclic) bond motifs is 1. The molecule has 1 aromatic rings. The summed E-state index contributed by atoms with van der Waals surface area (Å²) in [4.78, 5) is 2.03. The fourth-order valence-electron chi connectivity index (χ4n) is 1.70. The van der Waals surface area contributed by atoms with Crippen molar-refractivity contribution < 1.29 is 13.5 Å². The van der Waals surface area contributed by atoms with Crippen molar-refractivity contribution in [3.8, 4) is 0 Å². The molecule has 8 heteroatoms. The van der Waals surface area contributed by atoms with Gasteiger partial charge in [-0.1, -0.05) is 11.8 Å². The zero-order valence-electron chi connectivity index (χ0n) is 11.3. The summed E-state index contributed by atoms with van der Waals surface area (Å²) in [5, 5.41) is 12.1. The van der Waals surface area contributed by atoms with Gasteiger partial charge < -0.3 is 15.3 Å². The quantitative estimate of drug-likeness (QED) is 0.816. The van der Waals surface area contributed by atoms with E-state index in [-0.39, 0.29) is 11.5 Å². The van der Waals surface area contributed by atoms with Crippen LogP contribution < -0.4 is 10.2 Å². The largest absolute Gasteiger partial charge is 0.396 e. The number of anilines is 2. The molecule has 1 aliphatic heterocycles. The van der Waals surface area contributed by atoms with Crippen LogP contribution in [-0.4, -0.2) is 45.1 Å². The van der Waals surface area contributed by atoms with Gasteiger partial charge in [0.1, 0.15) is 4.90 Å². The molecule has 1 aliphatic rings. The van der Waals surface area contributed by atoms with E-state index in [9.17, 15) is 8.42 Å². The van der Waals surface area contributed by atoms with Gasteiger partial charge in [-0.25, -0.2) is 0 Å². The van der Waals surface area contributed by atoms with Crippen LogP contribution in [0.2, 0.25) is 0 Å². The van der Waals surface area contributed by atoms with Gasteiger partial charge in [-0.3, -0.25) is 0 Å². The molecule has 0 bridgehead atoms. The molecule has 110 valence electrons. The normalized spacial score (nSPS) is 16.1. The number of benzene rings is 1. The zero-order chi connectivity index (χ0) is 14.8. The Morgan fingerprint density at radius 2 is 2.15 bits per heavy atom. The van der Waals surface area contributed by atoms with Gasteiger partial charge in [0.05, 0.1) is 5.69 Å². The SMILES string of the molecule is CN(C)c1ccc2c(c1)S(=O)(=O)N=C(SCCCO)N2. The Morgan fingerprint density at radius 1 is 1.40 bits per heavy atom. The van der Waals surface area contributed by atoms with Crippen LogP contribution in [0.25, 0.3) is 0 Å². The van der Waals surface area contributed by atoms with Crippen molar-refractivity contribution in [2.45, 2.75) is 11.3 Å². The van der Waals surface area contributed by atoms with Crippen molar-refractivity contribution in [2.24, 2.45) is 4.40 Å². The van der Waals surface area contributed by atoms with Crippen LogP contribution in [-0.2, 0) is 10.0 Å². The molecule has 0 aromatic heterocycles. The van der Waals surface area contributed by atoms with E-state index in [2.05, 4.69) is 9.71 Å². The monoisotopic (exact) mass is 315 g/mol. The third-order valence-electron chi connectivity index (χ3n) is 2.75. The van der Waals surface area contributed by atoms with Gasteiger partial charge in [0.25, 0.3) is 10.0 Å². The van der Waals surface area contributed by atoms with E-state index in [1.807, 2.05) is 25.1 Å². The van der Waals surface area contributed by atoms with Crippen molar-refractivity contribution >= 4 is 38.3 Å². The molecule has 0 atom stereocenters. The summed E-state index contributed by atoms with van der Waals surface area (Å²) in [5.74, 6) is 0.614. The molecule has 0 radical (unpaired) electrons. The molecule has 20 heavy (non-hydrogen) atoms. The number of hydrogen-bond donors (Lipinski definition) is 2. The number of thioether (sulfide) groups is 1. The number of hydrogen-bond acceptors (Lipinski definition) is 6. The van der Waals surface area contributed by atoms with Gasteiger partial charge in [0.2, 0.25) is 0 Å². The molecular weight excluding hydrogens is 298 g/mol. The maximum absolute atomic E-state index is 12.2. The molecule has 0 saturated heterocycles. The minimum absolute atomic E-state index is 0.0792. The van der Waals surface area contributed by atoms with Gasteiger partial charge in [0.15, 0.2) is 5.17 Å². The summed E-state index contributed by atoms with van der Waals surface area (Å²) >= 11 is 1.29. The highest BCUT2D eigenvalue weighted by Crippen LogP contribution is 2.32. The van der Waals surface area contributed by atoms with Crippen molar-refractivity contribution in [3.05, 3.63) is 18.2 Å². The molecule has 6 nitrogen and oxygen atoms in total. The number of rotatable bonds is 4. The highest BCUT2D eigenvalue weighted by Gasteiger charge is 2.25. The Morgan fingerprint density at radius 3 is 2.80 bits per heavy atom. The highest BCUT2D eigenvalue weighted by molar-refractivity contribution is 8.14. The van der Waals surface area contributed by atoms with Crippen molar-refractivity contribution in [1.29, 1.82) is 0 Å². The van der Waals surface area contributed by atoms with Crippen LogP contribution in [0.4, 0.5) is 11.4 Å². The first kappa shape index (κ1) is 15.1. The molecule has 0 unspecified atom stereocenters. The minimum atomic E-state index is -3.67. The van der Waals surface area contributed by atoms with Gasteiger partial charge >= 0.3 is 0 Å². The summed E-state index contributed by atoms with van der Waals surface area (Å²) in [6, 6.07) is 5.20. The molecule has 0 fully saturated rings. The van der Waals surface area contributed by atoms with E-state index in [4.69, 9.17) is 5.11 Å². The Labute approximate surface area is 122 Å². The first-order valence-electron chi connectivity index (χ1n) is 6.11. The van der Waals surface area contributed by atoms with Crippen molar-refractivity contribution in [2.75, 3.05) is 36.7 Å². The molecule has 0 amide bonds. The summed E-state index contributed by atoms with van der Waals surface area (Å²) in [6.07, 6.45) is 0.595. The van der Waals surface area contributed by atoms with Gasteiger partial charge in [-0.05, 0) is 24.6 Å². The molecule has 0 aliphatic carbocycles. The van der Waals surface area contributed by atoms with Crippen molar-refractivity contribution in [3.63, 3.8) is 0 Å². The van der Waals surface area contributed by atoms with E-state index in [0.29, 0.717) is 23.0 Å². The second-order valence-corrected chi connectivity index (χ2v) is 7.15. The van der Waals surface area contributed by atoms with Crippen LogP contribution in [0.15, 0.2) is 27.5 Å². The van der Waals surface area contributed by atoms with E-state index in [1.165, 1.54) is 11.8 Å². The predicted molar refractivity (Wildman–Crippen MR) is 83.2 cm³/mol. The Balaban J connectivity index is 2.30. The molecule has 2 rings (SSSR count). The number of amidine groups is 1. The maximum atomic E-state index is 12.2. The second-order valence-electron chi connectivity index (χ2n) is 4.50. The van der Waals surface area contributed by atoms with Gasteiger partial charge in [0, 0.05) is 32.1 Å². The van der Waals surface area contributed by atoms with Crippen LogP contribution >= 0.6 is 11.8 Å². The Bertz CT molecular complexity index is 627. The fraction of sp³-hybridized carbons (Fsp3) is 0.417. The highest BCUT2D eigenvalue weighted by atomic mass is 32.2. The molecule has 1 aromatic carbocycles. The summed E-state index contributed by atoms with van der Waals surface area (Å²) < 4.78 is 28.1. The third kappa shape index (κ3) is 3.25. The molecule has 0 saturated carbocycles. The van der Waals surface area contributed by atoms with Gasteiger partial charge in [-0.15, -0.1) is 4.40 Å². The number of sulfonamides is 1. The third-order valence-corrected chi connectivity index (χ3v) is 5.14. The van der Waals surface area contributed by atoms with Crippen LogP contribution in [0.3, 0.4) is 0 Å². The van der Waals surface area contributed by atoms with E-state index < -0.39 is 10.0 Å². The summed E-state index contributed by atoms with van der Waals surface area (Å²) in [7, 11) is 0.0335. The summed E-state index contributed by atoms with van der Waals surface area (Å²) in [6.45, 7) is 0.0792. The minimum Gasteiger partial charge on any atom is -0.396 e. The average molecular weight is 315 g/mol. The fourth-order valence-corrected chi connectivity index (χ4v) is 3.88. The second kappa shape index (κ2) is 6.02. The van der Waals surface area contributed by atoms with Crippen LogP contribution in [0.1, 0.15) is 6.42 Å². The summed E-state index contributed by atoms with van der Waals surface area (Å²) in [5.41, 5.74) is 1.35. The maximum Gasteiger partial charge on any atom is 0.286 e. The van der Waals surface area contributed by atoms with Crippen LogP contribution in [0, 0.1) is 0 Å². The lowest BCUT2D eigenvalue weighted by atomic mass is 10.2. The predicted octanol–water partition coefficient (Wildman–Crippen LogP) is 1.34. The van der Waals surface area contributed by atoms with E-state index in [1.54, 1.807) is 12.1 Å². The number of nitrogens with one attached hydrogen (secondary N) is 1. The number of nitrogens with zero attached hydrogens (tertiary/aromatic N) is 2. The average Bonchev–Trinajstić information content (AvgIpc) is 2.38. The molecular formula is C12H17N3O3S2. The van der Waals surface area contributed by atoms with E-state index in [0.717, 1.165) is 5.69 Å². The topological polar surface area (TPSA) is 82.0 Å². The van der Waals surface area contributed by atoms with E-state index >= 15 is 0 Å². The molecule has 2 N–H and O–H groups in total. The smallest absolute Gasteiger partial charge is 0.286 e. The number of aliphatic hydroxyl groups excluding tert-OH is 1. The lowest BCUT2D eigenvalue weighted by Gasteiger charge is -2.20. The standard InChI is InChI=1S/C12H17N3O3S2/c1-15(2)9-4-5-10-11(8-9)20(17,18)14-12(13-10)19-7-3-6-16/h4-5,8,16H,3,6-7H2,1-2H3,(H,13,14). The Kier molecular flexibility index (Phi) is 4.56. The molecule has 1 heterocycles. The number of aliphatic hydroxyl groups is 1. The molecule has 0 spiro atoms.